The molecule has 1 N–H and O–H groups in total. The number of hydrogen-bond donors (Lipinski definition) is 1. The van der Waals surface area contributed by atoms with E-state index in [1.54, 1.807) is 26.8 Å². The number of halogens is 1. The lowest BCUT2D eigenvalue weighted by molar-refractivity contribution is -0.385. The molecule has 1 aromatic carbocycles. The van der Waals surface area contributed by atoms with Crippen LogP contribution in [0.3, 0.4) is 0 Å². The van der Waals surface area contributed by atoms with E-state index >= 15 is 0 Å². The first-order valence-corrected chi connectivity index (χ1v) is 7.58. The van der Waals surface area contributed by atoms with E-state index < -0.39 is 16.6 Å². The Morgan fingerprint density at radius 2 is 2.10 bits per heavy atom. The molecule has 6 nitrogen and oxygen atoms in total. The standard InChI is InChI=1S/C14H19IN2O4/c1-9(16-13(18)21-14(2,3)4)7-10-5-6-11(17(19)20)8-12(10)15/h5-6,8-9H,7H2,1-4H3,(H,16,18). The van der Waals surface area contributed by atoms with E-state index in [1.165, 1.54) is 12.1 Å². The van der Waals surface area contributed by atoms with Gasteiger partial charge >= 0.3 is 6.09 Å². The fraction of sp³-hybridized carbons (Fsp3) is 0.500. The molecule has 0 heterocycles. The maximum absolute atomic E-state index is 11.7. The normalized spacial score (nSPS) is 12.6. The van der Waals surface area contributed by atoms with Crippen molar-refractivity contribution in [1.29, 1.82) is 0 Å². The summed E-state index contributed by atoms with van der Waals surface area (Å²) in [5.41, 5.74) is 0.478. The number of benzene rings is 1. The summed E-state index contributed by atoms with van der Waals surface area (Å²) in [6.07, 6.45) is 0.113. The molecule has 116 valence electrons. The molecule has 0 bridgehead atoms. The van der Waals surface area contributed by atoms with Crippen molar-refractivity contribution in [2.45, 2.75) is 45.8 Å². The highest BCUT2D eigenvalue weighted by molar-refractivity contribution is 14.1. The molecule has 0 aliphatic heterocycles. The molecule has 0 aromatic heterocycles. The zero-order valence-electron chi connectivity index (χ0n) is 12.5. The molecule has 0 aliphatic carbocycles. The quantitative estimate of drug-likeness (QED) is 0.470. The van der Waals surface area contributed by atoms with Gasteiger partial charge in [0.05, 0.1) is 4.92 Å². The van der Waals surface area contributed by atoms with Crippen LogP contribution in [0.4, 0.5) is 10.5 Å². The number of carbonyl (C=O) groups excluding carboxylic acids is 1. The van der Waals surface area contributed by atoms with E-state index in [0.717, 1.165) is 9.13 Å². The predicted molar refractivity (Wildman–Crippen MR) is 88.3 cm³/mol. The first-order chi connectivity index (χ1) is 9.58. The van der Waals surface area contributed by atoms with Crippen LogP contribution in [0.15, 0.2) is 18.2 Å². The Morgan fingerprint density at radius 3 is 2.57 bits per heavy atom. The zero-order valence-corrected chi connectivity index (χ0v) is 14.6. The van der Waals surface area contributed by atoms with Gasteiger partial charge in [-0.2, -0.15) is 0 Å². The number of alkyl carbamates (subject to hydrolysis) is 1. The molecular formula is C14H19IN2O4. The Bertz CT molecular complexity index is 540. The SMILES string of the molecule is CC(Cc1ccc([N+](=O)[O-])cc1I)NC(=O)OC(C)(C)C. The van der Waals surface area contributed by atoms with E-state index in [0.29, 0.717) is 6.42 Å². The highest BCUT2D eigenvalue weighted by Crippen LogP contribution is 2.21. The summed E-state index contributed by atoms with van der Waals surface area (Å²) in [4.78, 5) is 21.9. The molecule has 0 saturated heterocycles. The molecule has 21 heavy (non-hydrogen) atoms. The lowest BCUT2D eigenvalue weighted by Crippen LogP contribution is -2.38. The van der Waals surface area contributed by atoms with E-state index in [2.05, 4.69) is 27.9 Å². The molecule has 0 spiro atoms. The zero-order chi connectivity index (χ0) is 16.2. The Balaban J connectivity index is 2.65. The monoisotopic (exact) mass is 406 g/mol. The number of nitrogens with zero attached hydrogens (tertiary/aromatic N) is 1. The lowest BCUT2D eigenvalue weighted by atomic mass is 10.1. The summed E-state index contributed by atoms with van der Waals surface area (Å²) >= 11 is 2.06. The summed E-state index contributed by atoms with van der Waals surface area (Å²) < 4.78 is 5.99. The average molecular weight is 406 g/mol. The summed E-state index contributed by atoms with van der Waals surface area (Å²) in [5.74, 6) is 0. The number of amides is 1. The third kappa shape index (κ3) is 6.28. The van der Waals surface area contributed by atoms with Crippen LogP contribution in [-0.4, -0.2) is 22.7 Å². The minimum absolute atomic E-state index is 0.0657. The lowest BCUT2D eigenvalue weighted by Gasteiger charge is -2.22. The smallest absolute Gasteiger partial charge is 0.407 e. The van der Waals surface area contributed by atoms with Gasteiger partial charge in [0.2, 0.25) is 0 Å². The van der Waals surface area contributed by atoms with E-state index in [4.69, 9.17) is 4.74 Å². The molecule has 1 unspecified atom stereocenters. The maximum atomic E-state index is 11.7. The number of rotatable bonds is 4. The van der Waals surface area contributed by atoms with Crippen LogP contribution in [0, 0.1) is 13.7 Å². The van der Waals surface area contributed by atoms with E-state index in [-0.39, 0.29) is 11.7 Å². The Hall–Kier alpha value is -1.38. The predicted octanol–water partition coefficient (Wildman–Crippen LogP) is 3.66. The van der Waals surface area contributed by atoms with Crippen molar-refractivity contribution in [3.8, 4) is 0 Å². The van der Waals surface area contributed by atoms with Crippen molar-refractivity contribution in [3.63, 3.8) is 0 Å². The summed E-state index contributed by atoms with van der Waals surface area (Å²) in [5, 5.41) is 13.4. The highest BCUT2D eigenvalue weighted by Gasteiger charge is 2.18. The minimum atomic E-state index is -0.536. The maximum Gasteiger partial charge on any atom is 0.407 e. The Morgan fingerprint density at radius 1 is 1.48 bits per heavy atom. The molecule has 1 amide bonds. The summed E-state index contributed by atoms with van der Waals surface area (Å²) in [6, 6.07) is 4.58. The first-order valence-electron chi connectivity index (χ1n) is 6.51. The number of nitro groups is 1. The van der Waals surface area contributed by atoms with Gasteiger partial charge in [-0.15, -0.1) is 0 Å². The molecule has 7 heteroatoms. The summed E-state index contributed by atoms with van der Waals surface area (Å²) in [7, 11) is 0. The average Bonchev–Trinajstić information content (AvgIpc) is 2.28. The van der Waals surface area contributed by atoms with Gasteiger partial charge in [-0.05, 0) is 62.3 Å². The van der Waals surface area contributed by atoms with Gasteiger partial charge in [0.15, 0.2) is 0 Å². The van der Waals surface area contributed by atoms with Gasteiger partial charge in [-0.25, -0.2) is 4.79 Å². The molecular weight excluding hydrogens is 387 g/mol. The molecule has 0 aliphatic rings. The number of ether oxygens (including phenoxy) is 1. The van der Waals surface area contributed by atoms with E-state index in [1.807, 2.05) is 6.92 Å². The second kappa shape index (κ2) is 7.06. The Labute approximate surface area is 137 Å². The molecule has 1 aromatic rings. The third-order valence-corrected chi connectivity index (χ3v) is 3.54. The second-order valence-electron chi connectivity index (χ2n) is 5.78. The van der Waals surface area contributed by atoms with Crippen molar-refractivity contribution >= 4 is 34.4 Å². The first kappa shape index (κ1) is 17.7. The van der Waals surface area contributed by atoms with Gasteiger partial charge in [0.25, 0.3) is 5.69 Å². The van der Waals surface area contributed by atoms with Crippen molar-refractivity contribution in [2.24, 2.45) is 0 Å². The third-order valence-electron chi connectivity index (χ3n) is 2.54. The van der Waals surface area contributed by atoms with Crippen LogP contribution in [0.25, 0.3) is 0 Å². The second-order valence-corrected chi connectivity index (χ2v) is 6.95. The number of nitrogens with one attached hydrogen (secondary N) is 1. The largest absolute Gasteiger partial charge is 0.444 e. The van der Waals surface area contributed by atoms with Gasteiger partial charge in [-0.3, -0.25) is 10.1 Å². The topological polar surface area (TPSA) is 81.5 Å². The van der Waals surface area contributed by atoms with E-state index in [9.17, 15) is 14.9 Å². The van der Waals surface area contributed by atoms with Gasteiger partial charge in [0.1, 0.15) is 5.60 Å². The van der Waals surface area contributed by atoms with Gasteiger partial charge < -0.3 is 10.1 Å². The number of hydrogen-bond acceptors (Lipinski definition) is 4. The van der Waals surface area contributed by atoms with Gasteiger partial charge in [-0.1, -0.05) is 6.07 Å². The highest BCUT2D eigenvalue weighted by atomic mass is 127. The summed E-state index contributed by atoms with van der Waals surface area (Å²) in [6.45, 7) is 7.27. The number of non-ortho nitro benzene ring substituents is 1. The van der Waals surface area contributed by atoms with Crippen LogP contribution < -0.4 is 5.32 Å². The van der Waals surface area contributed by atoms with Crippen molar-refractivity contribution in [1.82, 2.24) is 5.32 Å². The van der Waals surface area contributed by atoms with Crippen molar-refractivity contribution in [3.05, 3.63) is 37.4 Å². The Kier molecular flexibility index (Phi) is 5.94. The fourth-order valence-corrected chi connectivity index (χ4v) is 2.42. The van der Waals surface area contributed by atoms with Crippen molar-refractivity contribution in [2.75, 3.05) is 0 Å². The van der Waals surface area contributed by atoms with Crippen LogP contribution in [0.1, 0.15) is 33.3 Å². The molecule has 0 saturated carbocycles. The molecule has 0 radical (unpaired) electrons. The molecule has 0 fully saturated rings. The number of carbonyl (C=O) groups is 1. The van der Waals surface area contributed by atoms with Crippen LogP contribution in [0.2, 0.25) is 0 Å². The molecule has 1 rings (SSSR count). The number of nitro benzene ring substituents is 1. The fourth-order valence-electron chi connectivity index (χ4n) is 1.70. The van der Waals surface area contributed by atoms with Crippen molar-refractivity contribution < 1.29 is 14.5 Å². The molecule has 1 atom stereocenters. The van der Waals surface area contributed by atoms with Crippen LogP contribution >= 0.6 is 22.6 Å². The van der Waals surface area contributed by atoms with Crippen LogP contribution in [0.5, 0.6) is 0 Å². The van der Waals surface area contributed by atoms with Crippen LogP contribution in [-0.2, 0) is 11.2 Å². The van der Waals surface area contributed by atoms with Gasteiger partial charge in [0, 0.05) is 21.7 Å². The minimum Gasteiger partial charge on any atom is -0.444 e.